The van der Waals surface area contributed by atoms with Gasteiger partial charge >= 0.3 is 6.03 Å². The lowest BCUT2D eigenvalue weighted by atomic mass is 10.9. The summed E-state index contributed by atoms with van der Waals surface area (Å²) in [5.74, 6) is 0. The standard InChI is InChI=1S/C3H8N2OS/c1-5(2)3(6)4-7/h7H2,1-2H3. The molecule has 0 aromatic carbocycles. The minimum atomic E-state index is -0.281. The molecule has 0 aliphatic heterocycles. The molecule has 0 aromatic rings. The Kier molecular flexibility index (Phi) is 2.59. The molecule has 4 heteroatoms. The van der Waals surface area contributed by atoms with Crippen molar-refractivity contribution in [2.24, 2.45) is 4.36 Å². The van der Waals surface area contributed by atoms with Gasteiger partial charge in [-0.05, 0) is 0 Å². The molecule has 3 nitrogen and oxygen atoms in total. The summed E-state index contributed by atoms with van der Waals surface area (Å²) in [6.07, 6.45) is 0. The van der Waals surface area contributed by atoms with Gasteiger partial charge < -0.3 is 4.90 Å². The zero-order chi connectivity index (χ0) is 5.86. The van der Waals surface area contributed by atoms with E-state index < -0.39 is 0 Å². The predicted molar refractivity (Wildman–Crippen MR) is 31.7 cm³/mol. The van der Waals surface area contributed by atoms with Crippen LogP contribution >= 0.6 is 0 Å². The Morgan fingerprint density at radius 2 is 2.14 bits per heavy atom. The van der Waals surface area contributed by atoms with Crippen molar-refractivity contribution < 1.29 is 4.79 Å². The molecule has 42 valence electrons. The molecule has 0 fully saturated rings. The Bertz CT molecular complexity index is 90.9. The summed E-state index contributed by atoms with van der Waals surface area (Å²) in [6.45, 7) is 0. The molecular weight excluding hydrogens is 112 g/mol. The summed E-state index contributed by atoms with van der Waals surface area (Å²) >= 11 is 2.69. The van der Waals surface area contributed by atoms with Crippen molar-refractivity contribution in [3.63, 3.8) is 0 Å². The van der Waals surface area contributed by atoms with E-state index in [9.17, 15) is 4.79 Å². The van der Waals surface area contributed by atoms with Crippen LogP contribution in [0.2, 0.25) is 0 Å². The summed E-state index contributed by atoms with van der Waals surface area (Å²) in [5, 5.41) is 0. The van der Waals surface area contributed by atoms with E-state index in [0.29, 0.717) is 0 Å². The van der Waals surface area contributed by atoms with Crippen LogP contribution in [0.5, 0.6) is 0 Å². The van der Waals surface area contributed by atoms with Crippen LogP contribution in [0.1, 0.15) is 0 Å². The molecule has 0 saturated carbocycles. The van der Waals surface area contributed by atoms with Crippen LogP contribution in [0.4, 0.5) is 4.79 Å². The van der Waals surface area contributed by atoms with Crippen molar-refractivity contribution in [2.45, 2.75) is 0 Å². The van der Waals surface area contributed by atoms with Gasteiger partial charge in [-0.15, -0.1) is 12.4 Å². The van der Waals surface area contributed by atoms with Crippen LogP contribution in [0.15, 0.2) is 4.36 Å². The number of rotatable bonds is 0. The topological polar surface area (TPSA) is 32.7 Å². The number of hydrogen-bond acceptors (Lipinski definition) is 1. The Labute approximate surface area is 47.5 Å². The second-order valence-corrected chi connectivity index (χ2v) is 1.51. The number of urea groups is 1. The first kappa shape index (κ1) is 6.62. The number of hydrogen-bond donors (Lipinski definition) is 0. The minimum Gasteiger partial charge on any atom is -0.329 e. The summed E-state index contributed by atoms with van der Waals surface area (Å²) in [7, 11) is 3.26. The van der Waals surface area contributed by atoms with E-state index in [1.807, 2.05) is 0 Å². The maximum Gasteiger partial charge on any atom is 0.348 e. The molecule has 0 aromatic heterocycles. The van der Waals surface area contributed by atoms with E-state index in [1.54, 1.807) is 14.1 Å². The Hall–Kier alpha value is -0.380. The lowest BCUT2D eigenvalue weighted by Gasteiger charge is -2.01. The summed E-state index contributed by atoms with van der Waals surface area (Å²) in [4.78, 5) is 11.6. The van der Waals surface area contributed by atoms with Gasteiger partial charge in [-0.25, -0.2) is 4.79 Å². The van der Waals surface area contributed by atoms with Crippen LogP contribution in [-0.4, -0.2) is 25.0 Å². The molecule has 0 heterocycles. The average Bonchev–Trinajstić information content (AvgIpc) is 1.65. The highest BCUT2D eigenvalue weighted by atomic mass is 32.1. The van der Waals surface area contributed by atoms with Crippen LogP contribution in [0.3, 0.4) is 0 Å². The molecule has 0 saturated heterocycles. The SMILES string of the molecule is CN(C)C(=O)N=[SH2]. The average molecular weight is 120 g/mol. The van der Waals surface area contributed by atoms with E-state index >= 15 is 0 Å². The van der Waals surface area contributed by atoms with Gasteiger partial charge in [0.05, 0.1) is 0 Å². The molecule has 0 spiro atoms. The van der Waals surface area contributed by atoms with Crippen molar-refractivity contribution >= 4 is 18.5 Å². The van der Waals surface area contributed by atoms with Crippen LogP contribution < -0.4 is 0 Å². The van der Waals surface area contributed by atoms with Gasteiger partial charge in [0.2, 0.25) is 0 Å². The van der Waals surface area contributed by atoms with Gasteiger partial charge in [-0.1, -0.05) is 0 Å². The van der Waals surface area contributed by atoms with Gasteiger partial charge in [0.15, 0.2) is 0 Å². The van der Waals surface area contributed by atoms with Crippen molar-refractivity contribution in [1.29, 1.82) is 0 Å². The smallest absolute Gasteiger partial charge is 0.329 e. The van der Waals surface area contributed by atoms with Gasteiger partial charge in [-0.3, -0.25) is 0 Å². The Morgan fingerprint density at radius 3 is 2.14 bits per heavy atom. The molecule has 0 aliphatic rings. The largest absolute Gasteiger partial charge is 0.348 e. The minimum absolute atomic E-state index is 0.281. The van der Waals surface area contributed by atoms with Crippen LogP contribution in [0, 0.1) is 0 Å². The first-order valence-electron chi connectivity index (χ1n) is 1.77. The fourth-order valence-corrected chi connectivity index (χ4v) is 0.300. The van der Waals surface area contributed by atoms with Gasteiger partial charge in [0.25, 0.3) is 0 Å². The second kappa shape index (κ2) is 2.74. The number of amides is 2. The number of carbonyl (C=O) groups excluding carboxylic acids is 1. The molecule has 0 rings (SSSR count). The molecule has 0 radical (unpaired) electrons. The zero-order valence-corrected chi connectivity index (χ0v) is 5.30. The van der Waals surface area contributed by atoms with Crippen LogP contribution in [-0.2, 0) is 12.4 Å². The Morgan fingerprint density at radius 1 is 1.71 bits per heavy atom. The van der Waals surface area contributed by atoms with Gasteiger partial charge in [0, 0.05) is 14.1 Å². The quantitative estimate of drug-likeness (QED) is 0.438. The monoisotopic (exact) mass is 120 g/mol. The summed E-state index contributed by atoms with van der Waals surface area (Å²) in [6, 6.07) is -0.281. The summed E-state index contributed by atoms with van der Waals surface area (Å²) in [5.41, 5.74) is 0. The number of nitrogens with zero attached hydrogens (tertiary/aromatic N) is 2. The molecule has 0 unspecified atom stereocenters. The zero-order valence-electron chi connectivity index (χ0n) is 4.30. The third-order valence-electron chi connectivity index (χ3n) is 0.478. The van der Waals surface area contributed by atoms with Crippen molar-refractivity contribution in [1.82, 2.24) is 4.90 Å². The molecular formula is C3H8N2OS. The molecule has 0 bridgehead atoms. The molecule has 0 N–H and O–H groups in total. The highest BCUT2D eigenvalue weighted by Gasteiger charge is 1.94. The third-order valence-corrected chi connectivity index (χ3v) is 0.670. The Balaban J connectivity index is 3.56. The highest BCUT2D eigenvalue weighted by Crippen LogP contribution is 1.78. The molecule has 0 atom stereocenters. The molecule has 2 amide bonds. The van der Waals surface area contributed by atoms with E-state index in [-0.39, 0.29) is 6.03 Å². The maximum absolute atomic E-state index is 10.2. The molecule has 7 heavy (non-hydrogen) atoms. The normalized spacial score (nSPS) is 7.86. The third kappa shape index (κ3) is 2.33. The van der Waals surface area contributed by atoms with Crippen molar-refractivity contribution in [3.05, 3.63) is 0 Å². The fraction of sp³-hybridized carbons (Fsp3) is 0.667. The lowest BCUT2D eigenvalue weighted by Crippen LogP contribution is -2.16. The van der Waals surface area contributed by atoms with Gasteiger partial charge in [-0.2, -0.15) is 4.36 Å². The van der Waals surface area contributed by atoms with Gasteiger partial charge in [0.1, 0.15) is 0 Å². The van der Waals surface area contributed by atoms with E-state index in [4.69, 9.17) is 0 Å². The lowest BCUT2D eigenvalue weighted by molar-refractivity contribution is 0.228. The predicted octanol–water partition coefficient (Wildman–Crippen LogP) is -0.137. The highest BCUT2D eigenvalue weighted by molar-refractivity contribution is 7.47. The van der Waals surface area contributed by atoms with E-state index in [0.717, 1.165) is 0 Å². The maximum atomic E-state index is 10.2. The number of carbonyl (C=O) groups is 1. The van der Waals surface area contributed by atoms with Crippen LogP contribution in [0.25, 0.3) is 0 Å². The van der Waals surface area contributed by atoms with Crippen molar-refractivity contribution in [2.75, 3.05) is 14.1 Å². The van der Waals surface area contributed by atoms with Crippen molar-refractivity contribution in [3.8, 4) is 0 Å². The fourth-order valence-electron chi connectivity index (χ4n) is 0.100. The summed E-state index contributed by atoms with van der Waals surface area (Å²) < 4.78 is 3.18. The van der Waals surface area contributed by atoms with E-state index in [2.05, 4.69) is 16.8 Å². The second-order valence-electron chi connectivity index (χ2n) is 1.29. The first-order chi connectivity index (χ1) is 3.18. The molecule has 0 aliphatic carbocycles. The first-order valence-corrected chi connectivity index (χ1v) is 2.22. The van der Waals surface area contributed by atoms with E-state index in [1.165, 1.54) is 4.90 Å².